The summed E-state index contributed by atoms with van der Waals surface area (Å²) in [6, 6.07) is 3.96. The summed E-state index contributed by atoms with van der Waals surface area (Å²) in [5, 5.41) is 10.8. The summed E-state index contributed by atoms with van der Waals surface area (Å²) in [6.45, 7) is 3.21. The first kappa shape index (κ1) is 18.7. The van der Waals surface area contributed by atoms with Crippen molar-refractivity contribution in [2.75, 3.05) is 13.1 Å². The van der Waals surface area contributed by atoms with E-state index in [2.05, 4.69) is 0 Å². The Labute approximate surface area is 140 Å². The second-order valence-corrected chi connectivity index (χ2v) is 5.84. The summed E-state index contributed by atoms with van der Waals surface area (Å²) in [7, 11) is 0. The second-order valence-electron chi connectivity index (χ2n) is 5.43. The molecule has 6 nitrogen and oxygen atoms in total. The van der Waals surface area contributed by atoms with Crippen LogP contribution in [0.5, 0.6) is 0 Å². The maximum Gasteiger partial charge on any atom is 0.270 e. The number of likely N-dealkylation sites (tertiary alicyclic amines) is 1. The smallest absolute Gasteiger partial charge is 0.270 e. The Morgan fingerprint density at radius 1 is 1.55 bits per heavy atom. The SMILES string of the molecule is CC(N)C1CCCN(C(=O)c2ccc([N+](=O)[O-])cc2Cl)C1.Cl. The molecule has 1 aromatic rings. The Hall–Kier alpha value is -1.37. The van der Waals surface area contributed by atoms with Crippen LogP contribution in [0.25, 0.3) is 0 Å². The highest BCUT2D eigenvalue weighted by Crippen LogP contribution is 2.26. The van der Waals surface area contributed by atoms with Gasteiger partial charge in [0.05, 0.1) is 15.5 Å². The Morgan fingerprint density at radius 2 is 2.23 bits per heavy atom. The highest BCUT2D eigenvalue weighted by Gasteiger charge is 2.27. The molecular formula is C14H19Cl2N3O3. The van der Waals surface area contributed by atoms with Crippen LogP contribution in [-0.4, -0.2) is 34.9 Å². The molecule has 0 aromatic heterocycles. The standard InChI is InChI=1S/C14H18ClN3O3.ClH/c1-9(16)10-3-2-6-17(8-10)14(19)12-5-4-11(18(20)21)7-13(12)15;/h4-5,7,9-10H,2-3,6,8,16H2,1H3;1H. The van der Waals surface area contributed by atoms with Crippen LogP contribution in [0.3, 0.4) is 0 Å². The molecule has 0 bridgehead atoms. The number of nitrogens with two attached hydrogens (primary N) is 1. The lowest BCUT2D eigenvalue weighted by Gasteiger charge is -2.34. The van der Waals surface area contributed by atoms with E-state index in [4.69, 9.17) is 17.3 Å². The van der Waals surface area contributed by atoms with E-state index in [9.17, 15) is 14.9 Å². The predicted octanol–water partition coefficient (Wildman–Crippen LogP) is 2.87. The zero-order chi connectivity index (χ0) is 15.6. The minimum Gasteiger partial charge on any atom is -0.338 e. The lowest BCUT2D eigenvalue weighted by atomic mass is 9.92. The molecule has 0 saturated carbocycles. The third kappa shape index (κ3) is 4.09. The molecule has 2 rings (SSSR count). The number of non-ortho nitro benzene ring substituents is 1. The monoisotopic (exact) mass is 347 g/mol. The molecule has 1 aliphatic heterocycles. The van der Waals surface area contributed by atoms with Gasteiger partial charge in [-0.1, -0.05) is 11.6 Å². The average molecular weight is 348 g/mol. The van der Waals surface area contributed by atoms with Gasteiger partial charge in [-0.2, -0.15) is 0 Å². The third-order valence-corrected chi connectivity index (χ3v) is 4.20. The van der Waals surface area contributed by atoms with Crippen molar-refractivity contribution in [3.05, 3.63) is 38.9 Å². The molecule has 1 saturated heterocycles. The van der Waals surface area contributed by atoms with Crippen LogP contribution in [0.15, 0.2) is 18.2 Å². The van der Waals surface area contributed by atoms with Crippen molar-refractivity contribution in [3.63, 3.8) is 0 Å². The van der Waals surface area contributed by atoms with Crippen molar-refractivity contribution in [3.8, 4) is 0 Å². The van der Waals surface area contributed by atoms with Crippen LogP contribution in [0.2, 0.25) is 5.02 Å². The largest absolute Gasteiger partial charge is 0.338 e. The molecule has 122 valence electrons. The Balaban J connectivity index is 0.00000242. The highest BCUT2D eigenvalue weighted by molar-refractivity contribution is 6.34. The molecule has 2 unspecified atom stereocenters. The van der Waals surface area contributed by atoms with Gasteiger partial charge in [0.25, 0.3) is 11.6 Å². The number of hydrogen-bond acceptors (Lipinski definition) is 4. The van der Waals surface area contributed by atoms with E-state index in [1.54, 1.807) is 4.90 Å². The number of nitro benzene ring substituents is 1. The number of halogens is 2. The third-order valence-electron chi connectivity index (χ3n) is 3.88. The van der Waals surface area contributed by atoms with Crippen molar-refractivity contribution >= 4 is 35.6 Å². The summed E-state index contributed by atoms with van der Waals surface area (Å²) in [4.78, 5) is 24.4. The van der Waals surface area contributed by atoms with E-state index in [-0.39, 0.29) is 41.0 Å². The zero-order valence-corrected chi connectivity index (χ0v) is 13.8. The molecule has 0 radical (unpaired) electrons. The fourth-order valence-electron chi connectivity index (χ4n) is 2.58. The summed E-state index contributed by atoms with van der Waals surface area (Å²) in [6.07, 6.45) is 1.91. The van der Waals surface area contributed by atoms with Gasteiger partial charge in [-0.3, -0.25) is 14.9 Å². The molecule has 1 aromatic carbocycles. The summed E-state index contributed by atoms with van der Waals surface area (Å²) >= 11 is 6.01. The maximum absolute atomic E-state index is 12.5. The fraction of sp³-hybridized carbons (Fsp3) is 0.500. The van der Waals surface area contributed by atoms with Crippen LogP contribution >= 0.6 is 24.0 Å². The van der Waals surface area contributed by atoms with E-state index in [0.29, 0.717) is 18.7 Å². The number of piperidine rings is 1. The number of carbonyl (C=O) groups excluding carboxylic acids is 1. The minimum absolute atomic E-state index is 0. The number of rotatable bonds is 3. The molecule has 0 spiro atoms. The van der Waals surface area contributed by atoms with Crippen molar-refractivity contribution in [2.24, 2.45) is 11.7 Å². The summed E-state index contributed by atoms with van der Waals surface area (Å²) in [5.41, 5.74) is 6.09. The number of nitro groups is 1. The lowest BCUT2D eigenvalue weighted by molar-refractivity contribution is -0.384. The molecule has 0 aliphatic carbocycles. The van der Waals surface area contributed by atoms with Gasteiger partial charge < -0.3 is 10.6 Å². The normalized spacial score (nSPS) is 19.2. The minimum atomic E-state index is -0.535. The van der Waals surface area contributed by atoms with Crippen molar-refractivity contribution in [1.29, 1.82) is 0 Å². The van der Waals surface area contributed by atoms with E-state index in [1.165, 1.54) is 18.2 Å². The topological polar surface area (TPSA) is 89.5 Å². The van der Waals surface area contributed by atoms with Crippen molar-refractivity contribution in [2.45, 2.75) is 25.8 Å². The Morgan fingerprint density at radius 3 is 2.77 bits per heavy atom. The molecule has 2 atom stereocenters. The second kappa shape index (κ2) is 7.76. The number of benzene rings is 1. The van der Waals surface area contributed by atoms with Gasteiger partial charge in [0, 0.05) is 31.3 Å². The van der Waals surface area contributed by atoms with Gasteiger partial charge in [-0.25, -0.2) is 0 Å². The first-order valence-electron chi connectivity index (χ1n) is 6.89. The highest BCUT2D eigenvalue weighted by atomic mass is 35.5. The van der Waals surface area contributed by atoms with E-state index >= 15 is 0 Å². The summed E-state index contributed by atoms with van der Waals surface area (Å²) in [5.74, 6) is 0.0831. The predicted molar refractivity (Wildman–Crippen MR) is 87.6 cm³/mol. The lowest BCUT2D eigenvalue weighted by Crippen LogP contribution is -2.45. The van der Waals surface area contributed by atoms with Crippen LogP contribution < -0.4 is 5.73 Å². The van der Waals surface area contributed by atoms with Gasteiger partial charge >= 0.3 is 0 Å². The molecule has 1 fully saturated rings. The number of amides is 1. The van der Waals surface area contributed by atoms with Gasteiger partial charge in [-0.05, 0) is 31.7 Å². The number of carbonyl (C=O) groups is 1. The van der Waals surface area contributed by atoms with Gasteiger partial charge in [0.15, 0.2) is 0 Å². The molecular weight excluding hydrogens is 329 g/mol. The van der Waals surface area contributed by atoms with Crippen LogP contribution in [-0.2, 0) is 0 Å². The fourth-order valence-corrected chi connectivity index (χ4v) is 2.84. The number of hydrogen-bond donors (Lipinski definition) is 1. The molecule has 8 heteroatoms. The average Bonchev–Trinajstić information content (AvgIpc) is 2.46. The van der Waals surface area contributed by atoms with E-state index < -0.39 is 4.92 Å². The Kier molecular flexibility index (Phi) is 6.59. The van der Waals surface area contributed by atoms with E-state index in [0.717, 1.165) is 12.8 Å². The first-order chi connectivity index (χ1) is 9.90. The van der Waals surface area contributed by atoms with Crippen molar-refractivity contribution in [1.82, 2.24) is 4.90 Å². The van der Waals surface area contributed by atoms with Crippen LogP contribution in [0, 0.1) is 16.0 Å². The molecule has 1 aliphatic rings. The Bertz CT molecular complexity index is 566. The molecule has 2 N–H and O–H groups in total. The maximum atomic E-state index is 12.5. The quantitative estimate of drug-likeness (QED) is 0.672. The number of nitrogens with zero attached hydrogens (tertiary/aromatic N) is 2. The van der Waals surface area contributed by atoms with Gasteiger partial charge in [-0.15, -0.1) is 12.4 Å². The zero-order valence-electron chi connectivity index (χ0n) is 12.2. The van der Waals surface area contributed by atoms with Gasteiger partial charge in [0.1, 0.15) is 0 Å². The molecule has 1 heterocycles. The molecule has 22 heavy (non-hydrogen) atoms. The van der Waals surface area contributed by atoms with Crippen LogP contribution in [0.1, 0.15) is 30.1 Å². The summed E-state index contributed by atoms with van der Waals surface area (Å²) < 4.78 is 0. The van der Waals surface area contributed by atoms with E-state index in [1.807, 2.05) is 6.92 Å². The first-order valence-corrected chi connectivity index (χ1v) is 7.26. The van der Waals surface area contributed by atoms with Gasteiger partial charge in [0.2, 0.25) is 0 Å². The van der Waals surface area contributed by atoms with Crippen LogP contribution in [0.4, 0.5) is 5.69 Å². The van der Waals surface area contributed by atoms with Crippen molar-refractivity contribution < 1.29 is 9.72 Å². The molecule has 1 amide bonds.